The van der Waals surface area contributed by atoms with Gasteiger partial charge in [0.15, 0.2) is 0 Å². The summed E-state index contributed by atoms with van der Waals surface area (Å²) in [7, 11) is 0. The van der Waals surface area contributed by atoms with Crippen molar-refractivity contribution in [3.8, 4) is 0 Å². The van der Waals surface area contributed by atoms with Crippen molar-refractivity contribution in [1.29, 1.82) is 0 Å². The van der Waals surface area contributed by atoms with E-state index in [2.05, 4.69) is 0 Å². The summed E-state index contributed by atoms with van der Waals surface area (Å²) in [6.07, 6.45) is 0. The fourth-order valence-corrected chi connectivity index (χ4v) is 0. The molecule has 0 saturated heterocycles. The standard InChI is InChI=1S/Al.Mg.2Zn. The van der Waals surface area contributed by atoms with Crippen LogP contribution in [0.3, 0.4) is 0 Å². The maximum absolute atomic E-state index is 0. The molecule has 0 aliphatic rings. The van der Waals surface area contributed by atoms with Crippen LogP contribution in [0.2, 0.25) is 0 Å². The molecule has 0 fully saturated rings. The summed E-state index contributed by atoms with van der Waals surface area (Å²) in [4.78, 5) is 0. The van der Waals surface area contributed by atoms with Crippen molar-refractivity contribution in [3.05, 3.63) is 0 Å². The van der Waals surface area contributed by atoms with Gasteiger partial charge in [0, 0.05) is 79.4 Å². The Morgan fingerprint density at radius 3 is 0.750 bits per heavy atom. The van der Waals surface area contributed by atoms with E-state index in [0.29, 0.717) is 0 Å². The van der Waals surface area contributed by atoms with Crippen LogP contribution in [0.1, 0.15) is 0 Å². The van der Waals surface area contributed by atoms with Crippen LogP contribution in [0.15, 0.2) is 0 Å². The Hall–Kier alpha value is 2.55. The summed E-state index contributed by atoms with van der Waals surface area (Å²) in [6, 6.07) is 0. The molecule has 0 unspecified atom stereocenters. The smallest absolute Gasteiger partial charge is 0 e. The molecule has 4 heavy (non-hydrogen) atoms. The topological polar surface area (TPSA) is 0 Å². The van der Waals surface area contributed by atoms with Crippen molar-refractivity contribution in [2.45, 2.75) is 0 Å². The van der Waals surface area contributed by atoms with Gasteiger partial charge in [0.2, 0.25) is 0 Å². The van der Waals surface area contributed by atoms with Crippen LogP contribution < -0.4 is 0 Å². The molecule has 0 aliphatic carbocycles. The Labute approximate surface area is 78.3 Å². The van der Waals surface area contributed by atoms with E-state index in [4.69, 9.17) is 0 Å². The monoisotopic (exact) mass is 179 g/mol. The van der Waals surface area contributed by atoms with Crippen molar-refractivity contribution in [1.82, 2.24) is 0 Å². The van der Waals surface area contributed by atoms with Crippen LogP contribution in [0.4, 0.5) is 0 Å². The van der Waals surface area contributed by atoms with Gasteiger partial charge in [-0.25, -0.2) is 0 Å². The minimum atomic E-state index is 0. The molecule has 0 aromatic rings. The molecule has 0 saturated carbocycles. The maximum Gasteiger partial charge on any atom is 0 e. The summed E-state index contributed by atoms with van der Waals surface area (Å²) in [5.41, 5.74) is 0. The average Bonchev–Trinajstić information content (AvgIpc) is 0. The van der Waals surface area contributed by atoms with Gasteiger partial charge < -0.3 is 0 Å². The predicted molar refractivity (Wildman–Crippen MR) is 11.5 cm³/mol. The first-order valence-corrected chi connectivity index (χ1v) is 0. The van der Waals surface area contributed by atoms with Gasteiger partial charge in [-0.05, 0) is 0 Å². The molecule has 0 amide bonds. The second kappa shape index (κ2) is 17.7. The van der Waals surface area contributed by atoms with Crippen LogP contribution in [0.5, 0.6) is 0 Å². The first kappa shape index (κ1) is 31.1. The molecule has 0 aromatic carbocycles. The largest absolute Gasteiger partial charge is 0 e. The van der Waals surface area contributed by atoms with Gasteiger partial charge in [-0.3, -0.25) is 0 Å². The normalized spacial score (nSPS) is 0. The van der Waals surface area contributed by atoms with E-state index in [9.17, 15) is 0 Å². The molecule has 0 rings (SSSR count). The molecule has 0 nitrogen and oxygen atoms in total. The molecule has 0 N–H and O–H groups in total. The van der Waals surface area contributed by atoms with E-state index in [1.807, 2.05) is 0 Å². The van der Waals surface area contributed by atoms with Crippen LogP contribution >= 0.6 is 0 Å². The average molecular weight is 182 g/mol. The quantitative estimate of drug-likeness (QED) is 0.432. The number of rotatable bonds is 0. The summed E-state index contributed by atoms with van der Waals surface area (Å²) >= 11 is 0. The zero-order valence-electron chi connectivity index (χ0n) is 2.70. The molecule has 0 aliphatic heterocycles. The molecule has 0 aromatic heterocycles. The number of hydrogen-bond donors (Lipinski definition) is 0. The van der Waals surface area contributed by atoms with Crippen molar-refractivity contribution >= 4 is 40.4 Å². The van der Waals surface area contributed by atoms with Gasteiger partial charge >= 0.3 is 0 Å². The number of hydrogen-bond acceptors (Lipinski definition) is 0. The van der Waals surface area contributed by atoms with Gasteiger partial charge in [-0.1, -0.05) is 0 Å². The van der Waals surface area contributed by atoms with Gasteiger partial charge in [-0.2, -0.15) is 0 Å². The molecule has 0 heterocycles. The van der Waals surface area contributed by atoms with Crippen LogP contribution in [-0.4, -0.2) is 40.4 Å². The zero-order valence-corrected chi connectivity index (χ0v) is 11.2. The van der Waals surface area contributed by atoms with Gasteiger partial charge in [0.05, 0.1) is 0 Å². The predicted octanol–water partition coefficient (Wildman–Crippen LogP) is -0.767. The molecule has 9 valence electrons. The SMILES string of the molecule is [Al].[Mg].[Zn].[Zn]. The summed E-state index contributed by atoms with van der Waals surface area (Å²) in [6.45, 7) is 0. The van der Waals surface area contributed by atoms with Crippen molar-refractivity contribution < 1.29 is 39.0 Å². The first-order chi connectivity index (χ1) is 0. The summed E-state index contributed by atoms with van der Waals surface area (Å²) < 4.78 is 0. The third-order valence-electron chi connectivity index (χ3n) is 0. The van der Waals surface area contributed by atoms with E-state index in [-0.39, 0.29) is 79.4 Å². The Bertz CT molecular complexity index is 6.00. The second-order valence-electron chi connectivity index (χ2n) is 0. The molecular formula is AlMgZn2. The van der Waals surface area contributed by atoms with E-state index in [1.165, 1.54) is 0 Å². The molecule has 0 spiro atoms. The third kappa shape index (κ3) is 8.82. The van der Waals surface area contributed by atoms with Crippen molar-refractivity contribution in [2.24, 2.45) is 0 Å². The maximum atomic E-state index is 0. The third-order valence-corrected chi connectivity index (χ3v) is 0. The summed E-state index contributed by atoms with van der Waals surface area (Å²) in [5, 5.41) is 0. The zero-order chi connectivity index (χ0) is 0. The van der Waals surface area contributed by atoms with Gasteiger partial charge in [-0.15, -0.1) is 0 Å². The van der Waals surface area contributed by atoms with E-state index in [0.717, 1.165) is 0 Å². The molecule has 4 heteroatoms. The second-order valence-corrected chi connectivity index (χ2v) is 0. The Kier molecular flexibility index (Phi) is 137. The molecule has 0 bridgehead atoms. The first-order valence-electron chi connectivity index (χ1n) is 0. The van der Waals surface area contributed by atoms with Crippen molar-refractivity contribution in [2.75, 3.05) is 0 Å². The van der Waals surface area contributed by atoms with E-state index >= 15 is 0 Å². The van der Waals surface area contributed by atoms with Crippen LogP contribution in [0.25, 0.3) is 0 Å². The Morgan fingerprint density at radius 2 is 0.750 bits per heavy atom. The minimum Gasteiger partial charge on any atom is 0 e. The minimum absolute atomic E-state index is 0. The fourth-order valence-electron chi connectivity index (χ4n) is 0. The van der Waals surface area contributed by atoms with Gasteiger partial charge in [0.25, 0.3) is 0 Å². The molecule has 0 atom stereocenters. The van der Waals surface area contributed by atoms with E-state index in [1.54, 1.807) is 0 Å². The van der Waals surface area contributed by atoms with Gasteiger partial charge in [0.1, 0.15) is 0 Å². The van der Waals surface area contributed by atoms with Crippen LogP contribution in [0, 0.1) is 0 Å². The molecular weight excluding hydrogens is 182 g/mol. The summed E-state index contributed by atoms with van der Waals surface area (Å²) in [5.74, 6) is 0. The fraction of sp³-hybridized carbons (Fsp3) is 0. The molecule has 5 radical (unpaired) electrons. The van der Waals surface area contributed by atoms with E-state index < -0.39 is 0 Å². The van der Waals surface area contributed by atoms with Crippen molar-refractivity contribution in [3.63, 3.8) is 0 Å². The Balaban J connectivity index is 0. The Morgan fingerprint density at radius 1 is 0.750 bits per heavy atom. The van der Waals surface area contributed by atoms with Crippen LogP contribution in [-0.2, 0) is 39.0 Å².